The van der Waals surface area contributed by atoms with Crippen LogP contribution in [0.15, 0.2) is 0 Å². The Balaban J connectivity index is 1.68. The van der Waals surface area contributed by atoms with Crippen LogP contribution in [-0.4, -0.2) is 67.3 Å². The molecule has 0 bridgehead atoms. The molecule has 2 heterocycles. The van der Waals surface area contributed by atoms with E-state index in [0.29, 0.717) is 12.0 Å². The molecule has 2 saturated heterocycles. The molecule has 2 fully saturated rings. The minimum atomic E-state index is -0.401. The molecule has 2 rings (SSSR count). The van der Waals surface area contributed by atoms with Gasteiger partial charge in [-0.3, -0.25) is 0 Å². The van der Waals surface area contributed by atoms with E-state index in [0.717, 1.165) is 32.6 Å². The smallest absolute Gasteiger partial charge is 0.410 e. The topological polar surface area (TPSA) is 44.8 Å². The fourth-order valence-corrected chi connectivity index (χ4v) is 2.93. The molecule has 5 heteroatoms. The van der Waals surface area contributed by atoms with Gasteiger partial charge in [-0.15, -0.1) is 0 Å². The van der Waals surface area contributed by atoms with Crippen LogP contribution in [0.4, 0.5) is 4.79 Å². The van der Waals surface area contributed by atoms with E-state index in [1.54, 1.807) is 0 Å². The first-order chi connectivity index (χ1) is 9.33. The van der Waals surface area contributed by atoms with Gasteiger partial charge in [-0.25, -0.2) is 4.79 Å². The van der Waals surface area contributed by atoms with Crippen LogP contribution in [0, 0.1) is 5.92 Å². The molecule has 2 aliphatic rings. The van der Waals surface area contributed by atoms with E-state index in [4.69, 9.17) is 4.74 Å². The minimum absolute atomic E-state index is 0.166. The summed E-state index contributed by atoms with van der Waals surface area (Å²) in [5.41, 5.74) is -0.401. The van der Waals surface area contributed by atoms with E-state index in [9.17, 15) is 4.79 Å². The Morgan fingerprint density at radius 2 is 2.00 bits per heavy atom. The van der Waals surface area contributed by atoms with Crippen molar-refractivity contribution in [3.05, 3.63) is 0 Å². The largest absolute Gasteiger partial charge is 0.444 e. The van der Waals surface area contributed by atoms with Crippen LogP contribution in [-0.2, 0) is 4.74 Å². The second-order valence-corrected chi connectivity index (χ2v) is 7.24. The molecule has 2 aliphatic heterocycles. The Bertz CT molecular complexity index is 341. The van der Waals surface area contributed by atoms with Gasteiger partial charge in [0, 0.05) is 32.2 Å². The number of likely N-dealkylation sites (N-methyl/N-ethyl adjacent to an activating group) is 1. The SMILES string of the molecule is CN1CCC(NCC2CCN(C(=O)OC(C)(C)C)C2)C1. The van der Waals surface area contributed by atoms with Gasteiger partial charge < -0.3 is 19.9 Å². The summed E-state index contributed by atoms with van der Waals surface area (Å²) in [6.07, 6.45) is 2.15. The van der Waals surface area contributed by atoms with Crippen molar-refractivity contribution >= 4 is 6.09 Å². The first-order valence-corrected chi connectivity index (χ1v) is 7.73. The molecule has 0 aromatic heterocycles. The monoisotopic (exact) mass is 283 g/mol. The highest BCUT2D eigenvalue weighted by atomic mass is 16.6. The zero-order valence-corrected chi connectivity index (χ0v) is 13.3. The Labute approximate surface area is 122 Å². The molecule has 116 valence electrons. The Morgan fingerprint density at radius 3 is 2.60 bits per heavy atom. The van der Waals surface area contributed by atoms with Crippen LogP contribution in [0.1, 0.15) is 33.6 Å². The van der Waals surface area contributed by atoms with E-state index in [1.165, 1.54) is 13.0 Å². The minimum Gasteiger partial charge on any atom is -0.444 e. The van der Waals surface area contributed by atoms with E-state index in [-0.39, 0.29) is 6.09 Å². The third-order valence-corrected chi connectivity index (χ3v) is 4.02. The molecule has 2 unspecified atom stereocenters. The molecule has 1 N–H and O–H groups in total. The average Bonchev–Trinajstić information content (AvgIpc) is 2.93. The number of hydrogen-bond donors (Lipinski definition) is 1. The summed E-state index contributed by atoms with van der Waals surface area (Å²) < 4.78 is 5.42. The summed E-state index contributed by atoms with van der Waals surface area (Å²) in [7, 11) is 2.17. The number of nitrogens with one attached hydrogen (secondary N) is 1. The average molecular weight is 283 g/mol. The van der Waals surface area contributed by atoms with Crippen molar-refractivity contribution in [3.8, 4) is 0 Å². The lowest BCUT2D eigenvalue weighted by Crippen LogP contribution is -2.38. The van der Waals surface area contributed by atoms with Gasteiger partial charge >= 0.3 is 6.09 Å². The summed E-state index contributed by atoms with van der Waals surface area (Å²) in [5.74, 6) is 0.563. The standard InChI is InChI=1S/C15H29N3O2/c1-15(2,3)20-14(19)18-8-5-12(10-18)9-16-13-6-7-17(4)11-13/h12-13,16H,5-11H2,1-4H3. The maximum absolute atomic E-state index is 12.0. The van der Waals surface area contributed by atoms with E-state index in [1.807, 2.05) is 25.7 Å². The molecular weight excluding hydrogens is 254 g/mol. The van der Waals surface area contributed by atoms with E-state index < -0.39 is 5.60 Å². The zero-order valence-electron chi connectivity index (χ0n) is 13.3. The quantitative estimate of drug-likeness (QED) is 0.853. The van der Waals surface area contributed by atoms with Crippen molar-refractivity contribution in [2.24, 2.45) is 5.92 Å². The van der Waals surface area contributed by atoms with E-state index >= 15 is 0 Å². The Hall–Kier alpha value is -0.810. The van der Waals surface area contributed by atoms with Crippen LogP contribution >= 0.6 is 0 Å². The van der Waals surface area contributed by atoms with Crippen LogP contribution in [0.3, 0.4) is 0 Å². The van der Waals surface area contributed by atoms with Crippen molar-refractivity contribution in [2.75, 3.05) is 39.8 Å². The summed E-state index contributed by atoms with van der Waals surface area (Å²) in [5, 5.41) is 3.64. The van der Waals surface area contributed by atoms with Crippen LogP contribution in [0.2, 0.25) is 0 Å². The molecule has 1 amide bonds. The van der Waals surface area contributed by atoms with Gasteiger partial charge in [0.15, 0.2) is 0 Å². The van der Waals surface area contributed by atoms with Crippen molar-refractivity contribution in [3.63, 3.8) is 0 Å². The van der Waals surface area contributed by atoms with E-state index in [2.05, 4.69) is 17.3 Å². The molecule has 0 aromatic rings. The first kappa shape index (κ1) is 15.6. The van der Waals surface area contributed by atoms with Crippen molar-refractivity contribution in [2.45, 2.75) is 45.3 Å². The molecule has 0 saturated carbocycles. The number of carbonyl (C=O) groups is 1. The highest BCUT2D eigenvalue weighted by Gasteiger charge is 2.30. The highest BCUT2D eigenvalue weighted by molar-refractivity contribution is 5.68. The number of hydrogen-bond acceptors (Lipinski definition) is 4. The predicted octanol–water partition coefficient (Wildman–Crippen LogP) is 1.54. The van der Waals surface area contributed by atoms with Crippen molar-refractivity contribution < 1.29 is 9.53 Å². The number of amides is 1. The summed E-state index contributed by atoms with van der Waals surface area (Å²) in [6.45, 7) is 10.7. The zero-order chi connectivity index (χ0) is 14.8. The van der Waals surface area contributed by atoms with Gasteiger partial charge in [-0.2, -0.15) is 0 Å². The summed E-state index contributed by atoms with van der Waals surface area (Å²) in [6, 6.07) is 0.621. The number of carbonyl (C=O) groups excluding carboxylic acids is 1. The molecular formula is C15H29N3O2. The van der Waals surface area contributed by atoms with Crippen molar-refractivity contribution in [1.29, 1.82) is 0 Å². The van der Waals surface area contributed by atoms with Gasteiger partial charge in [0.1, 0.15) is 5.60 Å². The highest BCUT2D eigenvalue weighted by Crippen LogP contribution is 2.19. The lowest BCUT2D eigenvalue weighted by Gasteiger charge is -2.24. The lowest BCUT2D eigenvalue weighted by atomic mass is 10.1. The van der Waals surface area contributed by atoms with Gasteiger partial charge in [0.05, 0.1) is 0 Å². The molecule has 0 spiro atoms. The lowest BCUT2D eigenvalue weighted by molar-refractivity contribution is 0.0288. The Morgan fingerprint density at radius 1 is 1.25 bits per heavy atom. The third-order valence-electron chi connectivity index (χ3n) is 4.02. The van der Waals surface area contributed by atoms with Crippen LogP contribution < -0.4 is 5.32 Å². The third kappa shape index (κ3) is 4.63. The normalized spacial score (nSPS) is 28.1. The van der Waals surface area contributed by atoms with Gasteiger partial charge in [0.2, 0.25) is 0 Å². The summed E-state index contributed by atoms with van der Waals surface area (Å²) in [4.78, 5) is 16.2. The molecule has 20 heavy (non-hydrogen) atoms. The second-order valence-electron chi connectivity index (χ2n) is 7.24. The Kier molecular flexibility index (Phi) is 4.91. The molecule has 0 aromatic carbocycles. The van der Waals surface area contributed by atoms with Crippen LogP contribution in [0.5, 0.6) is 0 Å². The molecule has 0 radical (unpaired) electrons. The van der Waals surface area contributed by atoms with Gasteiger partial charge in [-0.05, 0) is 53.1 Å². The maximum atomic E-state index is 12.0. The summed E-state index contributed by atoms with van der Waals surface area (Å²) >= 11 is 0. The fraction of sp³-hybridized carbons (Fsp3) is 0.933. The number of likely N-dealkylation sites (tertiary alicyclic amines) is 2. The molecule has 5 nitrogen and oxygen atoms in total. The number of ether oxygens (including phenoxy) is 1. The predicted molar refractivity (Wildman–Crippen MR) is 79.8 cm³/mol. The fourth-order valence-electron chi connectivity index (χ4n) is 2.93. The number of rotatable bonds is 3. The maximum Gasteiger partial charge on any atom is 0.410 e. The van der Waals surface area contributed by atoms with Gasteiger partial charge in [0.25, 0.3) is 0 Å². The number of nitrogens with zero attached hydrogens (tertiary/aromatic N) is 2. The van der Waals surface area contributed by atoms with Crippen LogP contribution in [0.25, 0.3) is 0 Å². The molecule has 0 aliphatic carbocycles. The van der Waals surface area contributed by atoms with Crippen molar-refractivity contribution in [1.82, 2.24) is 15.1 Å². The van der Waals surface area contributed by atoms with Gasteiger partial charge in [-0.1, -0.05) is 0 Å². The molecule has 2 atom stereocenters. The second kappa shape index (κ2) is 6.31. The first-order valence-electron chi connectivity index (χ1n) is 7.73.